The van der Waals surface area contributed by atoms with Crippen LogP contribution in [0.15, 0.2) is 6.07 Å². The third-order valence-electron chi connectivity index (χ3n) is 8.05. The fourth-order valence-corrected chi connectivity index (χ4v) is 6.75. The molecule has 0 bridgehead atoms. The number of amides is 1. The number of carbonyl (C=O) groups is 5. The van der Waals surface area contributed by atoms with Crippen molar-refractivity contribution in [3.05, 3.63) is 22.8 Å². The van der Waals surface area contributed by atoms with E-state index in [1.165, 1.54) is 11.0 Å². The summed E-state index contributed by atoms with van der Waals surface area (Å²) in [6, 6.07) is 0.385. The molecule has 0 saturated heterocycles. The number of anilines is 1. The van der Waals surface area contributed by atoms with E-state index in [0.717, 1.165) is 11.3 Å². The van der Waals surface area contributed by atoms with Crippen LogP contribution in [0.3, 0.4) is 0 Å². The van der Waals surface area contributed by atoms with Crippen molar-refractivity contribution in [2.75, 3.05) is 47.2 Å². The van der Waals surface area contributed by atoms with Crippen LogP contribution in [0, 0.1) is 23.7 Å². The van der Waals surface area contributed by atoms with E-state index >= 15 is 0 Å². The highest BCUT2D eigenvalue weighted by atomic mass is 16.3. The van der Waals surface area contributed by atoms with Gasteiger partial charge < -0.3 is 25.7 Å². The number of benzene rings is 1. The molecule has 11 nitrogen and oxygen atoms in total. The smallest absolute Gasteiger partial charge is 0.235 e. The van der Waals surface area contributed by atoms with Gasteiger partial charge in [0.1, 0.15) is 5.75 Å². The van der Waals surface area contributed by atoms with Crippen molar-refractivity contribution in [1.82, 2.24) is 9.80 Å². The van der Waals surface area contributed by atoms with Gasteiger partial charge >= 0.3 is 0 Å². The third-order valence-corrected chi connectivity index (χ3v) is 8.05. The first kappa shape index (κ1) is 26.9. The highest BCUT2D eigenvalue weighted by Gasteiger charge is 2.69. The largest absolute Gasteiger partial charge is 0.507 e. The molecule has 1 aromatic rings. The van der Waals surface area contributed by atoms with Gasteiger partial charge in [0.15, 0.2) is 34.7 Å². The van der Waals surface area contributed by atoms with Crippen LogP contribution in [0.5, 0.6) is 5.75 Å². The Morgan fingerprint density at radius 2 is 1.70 bits per heavy atom. The first-order chi connectivity index (χ1) is 17.1. The van der Waals surface area contributed by atoms with Gasteiger partial charge in [0.25, 0.3) is 0 Å². The highest BCUT2D eigenvalue weighted by Crippen LogP contribution is 2.52. The van der Waals surface area contributed by atoms with E-state index in [-0.39, 0.29) is 24.2 Å². The molecule has 37 heavy (non-hydrogen) atoms. The Bertz CT molecular complexity index is 1220. The van der Waals surface area contributed by atoms with Crippen LogP contribution in [0.4, 0.5) is 5.69 Å². The summed E-state index contributed by atoms with van der Waals surface area (Å²) in [5.41, 5.74) is 4.77. The van der Waals surface area contributed by atoms with E-state index in [4.69, 9.17) is 5.73 Å². The number of phenolic OH excluding ortho intramolecular Hbond substituents is 1. The molecule has 2 fully saturated rings. The molecule has 1 aromatic carbocycles. The minimum Gasteiger partial charge on any atom is -0.507 e. The van der Waals surface area contributed by atoms with Crippen molar-refractivity contribution in [2.24, 2.45) is 29.4 Å². The molecule has 0 aliphatic heterocycles. The first-order valence-electron chi connectivity index (χ1n) is 12.2. The highest BCUT2D eigenvalue weighted by molar-refractivity contribution is 6.32. The van der Waals surface area contributed by atoms with Crippen molar-refractivity contribution < 1.29 is 34.2 Å². The molecule has 3 aliphatic carbocycles. The molecule has 2 saturated carbocycles. The number of primary amides is 1. The first-order valence-corrected chi connectivity index (χ1v) is 12.2. The van der Waals surface area contributed by atoms with Gasteiger partial charge in [-0.25, -0.2) is 0 Å². The molecule has 0 radical (unpaired) electrons. The van der Waals surface area contributed by atoms with Gasteiger partial charge in [0.2, 0.25) is 5.91 Å². The summed E-state index contributed by atoms with van der Waals surface area (Å²) < 4.78 is 0. The number of hydrogen-bond acceptors (Lipinski definition) is 10. The topological polar surface area (TPSA) is 162 Å². The van der Waals surface area contributed by atoms with Crippen LogP contribution in [0.25, 0.3) is 0 Å². The minimum atomic E-state index is -2.72. The molecular formula is C26H34N4O7. The molecule has 11 heteroatoms. The maximum absolute atomic E-state index is 13.9. The SMILES string of the molecule is CN(C)Cc1cc(O)c2c(c1N(C)C)C[C@H]1C[C@H]3[C@H](N(C)C)C(=O)C(C(N)=O)C(=O)[C@@]3(O)C(=O)C1C2=O. The standard InChI is InChI=1S/C26H34N4O7/c1-28(2)10-12-9-15(31)17-13(19(12)29(3)4)7-11-8-14-20(30(5)6)22(33)18(25(27)36)24(35)26(14,37)23(34)16(11)21(17)32/h9,11,14,16,18,20,31,37H,7-8,10H2,1-6H3,(H2,27,36)/t11-,14-,16?,18?,20-,26-/m0/s1. The Morgan fingerprint density at radius 1 is 1.08 bits per heavy atom. The lowest BCUT2D eigenvalue weighted by Crippen LogP contribution is -2.74. The Balaban J connectivity index is 1.90. The lowest BCUT2D eigenvalue weighted by molar-refractivity contribution is -0.181. The lowest BCUT2D eigenvalue weighted by atomic mass is 9.52. The second kappa shape index (κ2) is 9.00. The van der Waals surface area contributed by atoms with Crippen molar-refractivity contribution in [1.29, 1.82) is 0 Å². The van der Waals surface area contributed by atoms with Crippen LogP contribution >= 0.6 is 0 Å². The zero-order valence-electron chi connectivity index (χ0n) is 21.9. The van der Waals surface area contributed by atoms with Gasteiger partial charge in [-0.1, -0.05) is 0 Å². The number of ketones is 4. The van der Waals surface area contributed by atoms with Gasteiger partial charge in [-0.3, -0.25) is 28.9 Å². The predicted octanol–water partition coefficient (Wildman–Crippen LogP) is -1.01. The predicted molar refractivity (Wildman–Crippen MR) is 133 cm³/mol. The summed E-state index contributed by atoms with van der Waals surface area (Å²) in [4.78, 5) is 71.5. The number of nitrogens with zero attached hydrogens (tertiary/aromatic N) is 3. The maximum Gasteiger partial charge on any atom is 0.235 e. The van der Waals surface area contributed by atoms with Crippen LogP contribution < -0.4 is 10.6 Å². The number of hydrogen-bond donors (Lipinski definition) is 3. The van der Waals surface area contributed by atoms with Crippen molar-refractivity contribution in [3.8, 4) is 5.75 Å². The van der Waals surface area contributed by atoms with Crippen LogP contribution in [0.1, 0.15) is 27.9 Å². The van der Waals surface area contributed by atoms with Crippen LogP contribution in [0.2, 0.25) is 0 Å². The number of rotatable bonds is 5. The van der Waals surface area contributed by atoms with Gasteiger partial charge in [-0.15, -0.1) is 0 Å². The zero-order chi connectivity index (χ0) is 27.7. The maximum atomic E-state index is 13.9. The molecule has 4 rings (SSSR count). The number of Topliss-reactive ketones (excluding diaryl/α,β-unsaturated/α-hetero) is 4. The van der Waals surface area contributed by atoms with E-state index in [1.54, 1.807) is 14.1 Å². The van der Waals surface area contributed by atoms with Crippen molar-refractivity contribution in [2.45, 2.75) is 31.0 Å². The van der Waals surface area contributed by atoms with E-state index in [0.29, 0.717) is 12.1 Å². The summed E-state index contributed by atoms with van der Waals surface area (Å²) in [6.45, 7) is 0.498. The van der Waals surface area contributed by atoms with Gasteiger partial charge in [0.05, 0.1) is 17.5 Å². The zero-order valence-corrected chi connectivity index (χ0v) is 21.9. The lowest BCUT2D eigenvalue weighted by Gasteiger charge is -2.52. The number of aliphatic hydroxyl groups is 1. The fourth-order valence-electron chi connectivity index (χ4n) is 6.75. The minimum absolute atomic E-state index is 0.00204. The molecule has 200 valence electrons. The summed E-state index contributed by atoms with van der Waals surface area (Å²) in [5.74, 6) is -10.4. The Labute approximate surface area is 215 Å². The number of carbonyl (C=O) groups excluding carboxylic acids is 5. The summed E-state index contributed by atoms with van der Waals surface area (Å²) in [7, 11) is 10.6. The van der Waals surface area contributed by atoms with Crippen molar-refractivity contribution in [3.63, 3.8) is 0 Å². The molecular weight excluding hydrogens is 480 g/mol. The second-order valence-corrected chi connectivity index (χ2v) is 11.2. The van der Waals surface area contributed by atoms with Gasteiger partial charge in [-0.05, 0) is 64.1 Å². The van der Waals surface area contributed by atoms with Crippen LogP contribution in [-0.4, -0.2) is 103 Å². The number of phenols is 1. The Kier molecular flexibility index (Phi) is 6.54. The van der Waals surface area contributed by atoms with Gasteiger partial charge in [-0.2, -0.15) is 0 Å². The fraction of sp³-hybridized carbons (Fsp3) is 0.577. The number of likely N-dealkylation sites (N-methyl/N-ethyl adjacent to an activating group) is 1. The number of fused-ring (bicyclic) bond motifs is 3. The molecule has 4 N–H and O–H groups in total. The number of aromatic hydroxyl groups is 1. The monoisotopic (exact) mass is 514 g/mol. The average Bonchev–Trinajstić information content (AvgIpc) is 2.74. The molecule has 0 heterocycles. The summed E-state index contributed by atoms with van der Waals surface area (Å²) in [5, 5.41) is 22.5. The van der Waals surface area contributed by atoms with Crippen LogP contribution in [-0.2, 0) is 32.1 Å². The van der Waals surface area contributed by atoms with Gasteiger partial charge in [0, 0.05) is 32.2 Å². The quantitative estimate of drug-likeness (QED) is 0.415. The average molecular weight is 515 g/mol. The van der Waals surface area contributed by atoms with E-state index in [1.807, 2.05) is 38.0 Å². The Hall–Kier alpha value is -3.15. The normalized spacial score (nSPS) is 31.3. The molecule has 3 aliphatic rings. The molecule has 6 atom stereocenters. The van der Waals surface area contributed by atoms with E-state index < -0.39 is 64.4 Å². The molecule has 0 aromatic heterocycles. The molecule has 2 unspecified atom stereocenters. The Morgan fingerprint density at radius 3 is 2.22 bits per heavy atom. The van der Waals surface area contributed by atoms with E-state index in [2.05, 4.69) is 0 Å². The second-order valence-electron chi connectivity index (χ2n) is 11.2. The molecule has 0 spiro atoms. The summed E-state index contributed by atoms with van der Waals surface area (Å²) >= 11 is 0. The van der Waals surface area contributed by atoms with Crippen molar-refractivity contribution >= 4 is 34.7 Å². The molecule has 1 amide bonds. The van der Waals surface area contributed by atoms with E-state index in [9.17, 15) is 34.2 Å². The number of nitrogens with two attached hydrogens (primary N) is 1. The summed E-state index contributed by atoms with van der Waals surface area (Å²) in [6.07, 6.45) is 0.254. The third kappa shape index (κ3) is 3.79.